The van der Waals surface area contributed by atoms with Crippen LogP contribution in [0.3, 0.4) is 0 Å². The number of hydrogen-bond acceptors (Lipinski definition) is 3. The molecule has 1 aromatic carbocycles. The maximum Gasteiger partial charge on any atom is 0.417 e. The maximum absolute atomic E-state index is 12.7. The minimum absolute atomic E-state index is 0.0169. The van der Waals surface area contributed by atoms with Gasteiger partial charge in [0.25, 0.3) is 0 Å². The molecular weight excluding hydrogens is 292 g/mol. The van der Waals surface area contributed by atoms with E-state index in [1.807, 2.05) is 0 Å². The summed E-state index contributed by atoms with van der Waals surface area (Å²) in [5, 5.41) is 10.1. The molecular formula is C9H5Cl2F3N4. The van der Waals surface area contributed by atoms with Crippen molar-refractivity contribution in [1.29, 1.82) is 0 Å². The first-order chi connectivity index (χ1) is 8.43. The number of halogens is 5. The van der Waals surface area contributed by atoms with Crippen molar-refractivity contribution in [2.24, 2.45) is 0 Å². The van der Waals surface area contributed by atoms with Crippen LogP contribution in [0.1, 0.15) is 11.4 Å². The first kappa shape index (κ1) is 13.1. The Morgan fingerprint density at radius 3 is 2.61 bits per heavy atom. The standard InChI is InChI=1S/C9H5Cl2F3N4/c10-4-8-15-16-17-18(8)5-1-2-7(11)6(3-5)9(12,13)14/h1-3H,4H2. The molecule has 0 saturated heterocycles. The van der Waals surface area contributed by atoms with Crippen LogP contribution in [0, 0.1) is 0 Å². The molecule has 1 heterocycles. The third kappa shape index (κ3) is 2.41. The predicted octanol–water partition coefficient (Wildman–Crippen LogP) is 3.07. The average molecular weight is 297 g/mol. The molecule has 2 rings (SSSR count). The summed E-state index contributed by atoms with van der Waals surface area (Å²) in [4.78, 5) is 0. The van der Waals surface area contributed by atoms with E-state index < -0.39 is 11.7 Å². The molecule has 0 radical (unpaired) electrons. The molecule has 0 N–H and O–H groups in total. The topological polar surface area (TPSA) is 43.6 Å². The summed E-state index contributed by atoms with van der Waals surface area (Å²) in [7, 11) is 0. The van der Waals surface area contributed by atoms with E-state index in [4.69, 9.17) is 23.2 Å². The van der Waals surface area contributed by atoms with Crippen molar-refractivity contribution < 1.29 is 13.2 Å². The van der Waals surface area contributed by atoms with E-state index in [2.05, 4.69) is 15.5 Å². The lowest BCUT2D eigenvalue weighted by molar-refractivity contribution is -0.137. The van der Waals surface area contributed by atoms with E-state index >= 15 is 0 Å². The van der Waals surface area contributed by atoms with Gasteiger partial charge < -0.3 is 0 Å². The van der Waals surface area contributed by atoms with E-state index in [1.54, 1.807) is 0 Å². The van der Waals surface area contributed by atoms with Gasteiger partial charge in [0.2, 0.25) is 0 Å². The third-order valence-corrected chi connectivity index (χ3v) is 2.72. The van der Waals surface area contributed by atoms with Gasteiger partial charge in [0.1, 0.15) is 0 Å². The quantitative estimate of drug-likeness (QED) is 0.800. The fraction of sp³-hybridized carbons (Fsp3) is 0.222. The van der Waals surface area contributed by atoms with Crippen molar-refractivity contribution >= 4 is 23.2 Å². The van der Waals surface area contributed by atoms with Crippen molar-refractivity contribution in [1.82, 2.24) is 20.2 Å². The Morgan fingerprint density at radius 2 is 2.00 bits per heavy atom. The second-order valence-corrected chi connectivity index (χ2v) is 3.98. The zero-order valence-corrected chi connectivity index (χ0v) is 10.1. The minimum atomic E-state index is -4.54. The molecule has 0 saturated carbocycles. The molecule has 18 heavy (non-hydrogen) atoms. The van der Waals surface area contributed by atoms with Gasteiger partial charge in [-0.25, -0.2) is 0 Å². The molecule has 0 unspecified atom stereocenters. The van der Waals surface area contributed by atoms with Crippen molar-refractivity contribution in [3.8, 4) is 5.69 Å². The molecule has 0 atom stereocenters. The highest BCUT2D eigenvalue weighted by atomic mass is 35.5. The number of benzene rings is 1. The molecule has 0 aliphatic carbocycles. The van der Waals surface area contributed by atoms with E-state index in [-0.39, 0.29) is 22.4 Å². The highest BCUT2D eigenvalue weighted by Crippen LogP contribution is 2.35. The Balaban J connectivity index is 2.54. The maximum atomic E-state index is 12.7. The first-order valence-electron chi connectivity index (χ1n) is 4.64. The molecule has 0 aliphatic heterocycles. The molecule has 0 amide bonds. The van der Waals surface area contributed by atoms with Crippen molar-refractivity contribution in [3.63, 3.8) is 0 Å². The van der Waals surface area contributed by atoms with E-state index in [0.717, 1.165) is 16.8 Å². The third-order valence-electron chi connectivity index (χ3n) is 2.15. The lowest BCUT2D eigenvalue weighted by atomic mass is 10.2. The fourth-order valence-electron chi connectivity index (χ4n) is 1.35. The highest BCUT2D eigenvalue weighted by Gasteiger charge is 2.33. The van der Waals surface area contributed by atoms with Crippen LogP contribution in [-0.2, 0) is 12.1 Å². The summed E-state index contributed by atoms with van der Waals surface area (Å²) in [5.74, 6) is 0.226. The molecule has 0 fully saturated rings. The Morgan fingerprint density at radius 1 is 1.28 bits per heavy atom. The monoisotopic (exact) mass is 296 g/mol. The van der Waals surface area contributed by atoms with Gasteiger partial charge in [0.15, 0.2) is 5.82 Å². The molecule has 96 valence electrons. The SMILES string of the molecule is FC(F)(F)c1cc(-n2nnnc2CCl)ccc1Cl. The van der Waals surface area contributed by atoms with E-state index in [0.29, 0.717) is 0 Å². The zero-order chi connectivity index (χ0) is 13.3. The smallest absolute Gasteiger partial charge is 0.196 e. The largest absolute Gasteiger partial charge is 0.417 e. The minimum Gasteiger partial charge on any atom is -0.196 e. The summed E-state index contributed by atoms with van der Waals surface area (Å²) < 4.78 is 39.2. The number of alkyl halides is 4. The normalized spacial score (nSPS) is 11.8. The van der Waals surface area contributed by atoms with Gasteiger partial charge in [-0.05, 0) is 28.6 Å². The summed E-state index contributed by atoms with van der Waals surface area (Å²) in [6, 6.07) is 3.39. The van der Waals surface area contributed by atoms with Gasteiger partial charge in [-0.2, -0.15) is 17.9 Å². The Labute approximate surface area is 109 Å². The van der Waals surface area contributed by atoms with Crippen LogP contribution in [0.15, 0.2) is 18.2 Å². The van der Waals surface area contributed by atoms with Crippen LogP contribution in [0.25, 0.3) is 5.69 Å². The van der Waals surface area contributed by atoms with Crippen LogP contribution >= 0.6 is 23.2 Å². The van der Waals surface area contributed by atoms with Gasteiger partial charge in [-0.15, -0.1) is 16.7 Å². The number of hydrogen-bond donors (Lipinski definition) is 0. The number of tetrazole rings is 1. The molecule has 0 spiro atoms. The van der Waals surface area contributed by atoms with Crippen molar-refractivity contribution in [2.45, 2.75) is 12.1 Å². The molecule has 0 aliphatic rings. The molecule has 2 aromatic rings. The van der Waals surface area contributed by atoms with Gasteiger partial charge in [0.05, 0.1) is 22.2 Å². The second-order valence-electron chi connectivity index (χ2n) is 3.30. The number of aromatic nitrogens is 4. The Bertz CT molecular complexity index is 567. The van der Waals surface area contributed by atoms with Gasteiger partial charge in [-0.3, -0.25) is 0 Å². The summed E-state index contributed by atoms with van der Waals surface area (Å²) >= 11 is 11.1. The molecule has 9 heteroatoms. The zero-order valence-electron chi connectivity index (χ0n) is 8.62. The molecule has 1 aromatic heterocycles. The van der Waals surface area contributed by atoms with Crippen LogP contribution in [0.5, 0.6) is 0 Å². The van der Waals surface area contributed by atoms with Crippen LogP contribution in [-0.4, -0.2) is 20.2 Å². The first-order valence-corrected chi connectivity index (χ1v) is 5.55. The van der Waals surface area contributed by atoms with Crippen LogP contribution in [0.2, 0.25) is 5.02 Å². The van der Waals surface area contributed by atoms with Gasteiger partial charge >= 0.3 is 6.18 Å². The average Bonchev–Trinajstić information content (AvgIpc) is 2.76. The highest BCUT2D eigenvalue weighted by molar-refractivity contribution is 6.31. The van der Waals surface area contributed by atoms with Crippen LogP contribution in [0.4, 0.5) is 13.2 Å². The molecule has 0 bridgehead atoms. The van der Waals surface area contributed by atoms with Crippen molar-refractivity contribution in [3.05, 3.63) is 34.6 Å². The summed E-state index contributed by atoms with van der Waals surface area (Å²) in [6.45, 7) is 0. The molecule has 4 nitrogen and oxygen atoms in total. The van der Waals surface area contributed by atoms with Crippen molar-refractivity contribution in [2.75, 3.05) is 0 Å². The fourth-order valence-corrected chi connectivity index (χ4v) is 1.74. The second kappa shape index (κ2) is 4.74. The van der Waals surface area contributed by atoms with Gasteiger partial charge in [0, 0.05) is 0 Å². The summed E-state index contributed by atoms with van der Waals surface area (Å²) in [5.41, 5.74) is -0.801. The Kier molecular flexibility index (Phi) is 3.45. The van der Waals surface area contributed by atoms with E-state index in [1.165, 1.54) is 6.07 Å². The van der Waals surface area contributed by atoms with Crippen LogP contribution < -0.4 is 0 Å². The Hall–Kier alpha value is -1.34. The lowest BCUT2D eigenvalue weighted by Gasteiger charge is -2.11. The summed E-state index contributed by atoms with van der Waals surface area (Å²) in [6.07, 6.45) is -4.54. The predicted molar refractivity (Wildman–Crippen MR) is 58.7 cm³/mol. The lowest BCUT2D eigenvalue weighted by Crippen LogP contribution is -2.09. The van der Waals surface area contributed by atoms with E-state index in [9.17, 15) is 13.2 Å². The number of rotatable bonds is 2. The number of nitrogens with zero attached hydrogens (tertiary/aromatic N) is 4. The van der Waals surface area contributed by atoms with Gasteiger partial charge in [-0.1, -0.05) is 11.6 Å².